The molecule has 0 spiro atoms. The van der Waals surface area contributed by atoms with Crippen molar-refractivity contribution in [2.24, 2.45) is 5.73 Å². The first-order valence-corrected chi connectivity index (χ1v) is 8.16. The highest BCUT2D eigenvalue weighted by Gasteiger charge is 2.28. The van der Waals surface area contributed by atoms with E-state index in [9.17, 15) is 9.59 Å². The van der Waals surface area contributed by atoms with E-state index in [2.05, 4.69) is 18.8 Å². The standard InChI is InChI=1S/C12H17N3O4S.C3H8/c1-7-5-15(12(17)14-11(7)20)9-3-2-8(19-9)6-18-10(16)4-13;1-3-2/h5,8-9H,2-4,6,13H2,1H3,(H,14,17,20);3H2,1-2H3. The van der Waals surface area contributed by atoms with Crippen molar-refractivity contribution in [2.45, 2.75) is 52.4 Å². The quantitative estimate of drug-likeness (QED) is 0.639. The fraction of sp³-hybridized carbons (Fsp3) is 0.667. The highest BCUT2D eigenvalue weighted by molar-refractivity contribution is 7.71. The van der Waals surface area contributed by atoms with Crippen LogP contribution < -0.4 is 11.4 Å². The Hall–Kier alpha value is -1.51. The van der Waals surface area contributed by atoms with Gasteiger partial charge in [-0.05, 0) is 19.8 Å². The lowest BCUT2D eigenvalue weighted by Crippen LogP contribution is -2.28. The summed E-state index contributed by atoms with van der Waals surface area (Å²) in [6, 6.07) is 0. The fourth-order valence-corrected chi connectivity index (χ4v) is 2.20. The average Bonchev–Trinajstić information content (AvgIpc) is 2.98. The van der Waals surface area contributed by atoms with Crippen LogP contribution >= 0.6 is 12.2 Å². The Balaban J connectivity index is 0.000000816. The van der Waals surface area contributed by atoms with Gasteiger partial charge in [-0.25, -0.2) is 4.79 Å². The number of carbonyl (C=O) groups excluding carboxylic acids is 1. The molecule has 0 radical (unpaired) electrons. The van der Waals surface area contributed by atoms with Crippen LogP contribution in [-0.4, -0.2) is 34.8 Å². The minimum Gasteiger partial charge on any atom is -0.462 e. The maximum Gasteiger partial charge on any atom is 0.328 e. The molecule has 0 amide bonds. The van der Waals surface area contributed by atoms with Gasteiger partial charge in [0, 0.05) is 11.8 Å². The van der Waals surface area contributed by atoms with Crippen molar-refractivity contribution in [1.82, 2.24) is 9.55 Å². The smallest absolute Gasteiger partial charge is 0.328 e. The topological polar surface area (TPSA) is 99.3 Å². The number of carbonyl (C=O) groups is 1. The van der Waals surface area contributed by atoms with Crippen LogP contribution in [0.2, 0.25) is 0 Å². The molecule has 130 valence electrons. The van der Waals surface area contributed by atoms with Gasteiger partial charge in [0.15, 0.2) is 0 Å². The average molecular weight is 343 g/mol. The second-order valence-electron chi connectivity index (χ2n) is 5.36. The monoisotopic (exact) mass is 343 g/mol. The van der Waals surface area contributed by atoms with Gasteiger partial charge in [-0.1, -0.05) is 32.5 Å². The molecule has 1 fully saturated rings. The summed E-state index contributed by atoms with van der Waals surface area (Å²) in [5, 5.41) is 0. The van der Waals surface area contributed by atoms with Crippen LogP contribution in [-0.2, 0) is 14.3 Å². The molecule has 23 heavy (non-hydrogen) atoms. The number of aryl methyl sites for hydroxylation is 1. The number of aromatic amines is 1. The second-order valence-corrected chi connectivity index (χ2v) is 5.77. The minimum atomic E-state index is -0.464. The lowest BCUT2D eigenvalue weighted by Gasteiger charge is -2.16. The van der Waals surface area contributed by atoms with Gasteiger partial charge in [-0.15, -0.1) is 0 Å². The zero-order valence-electron chi connectivity index (χ0n) is 13.8. The lowest BCUT2D eigenvalue weighted by atomic mass is 10.2. The number of hydrogen-bond donors (Lipinski definition) is 2. The molecule has 1 aliphatic heterocycles. The number of hydrogen-bond acceptors (Lipinski definition) is 6. The Kier molecular flexibility index (Phi) is 8.15. The first-order valence-electron chi connectivity index (χ1n) is 7.76. The van der Waals surface area contributed by atoms with Gasteiger partial charge in [0.05, 0.1) is 12.6 Å². The molecule has 8 heteroatoms. The van der Waals surface area contributed by atoms with Crippen LogP contribution in [0, 0.1) is 11.6 Å². The van der Waals surface area contributed by atoms with Crippen molar-refractivity contribution < 1.29 is 14.3 Å². The maximum absolute atomic E-state index is 11.9. The van der Waals surface area contributed by atoms with Crippen LogP contribution in [0.1, 0.15) is 44.9 Å². The molecule has 2 unspecified atom stereocenters. The molecule has 1 aromatic heterocycles. The van der Waals surface area contributed by atoms with E-state index in [4.69, 9.17) is 27.4 Å². The summed E-state index contributed by atoms with van der Waals surface area (Å²) >= 11 is 5.00. The Morgan fingerprint density at radius 3 is 2.78 bits per heavy atom. The molecule has 0 aromatic carbocycles. The maximum atomic E-state index is 11.9. The summed E-state index contributed by atoms with van der Waals surface area (Å²) in [7, 11) is 0. The molecule has 0 aliphatic carbocycles. The van der Waals surface area contributed by atoms with Gasteiger partial charge >= 0.3 is 11.7 Å². The number of aromatic nitrogens is 2. The number of nitrogens with zero attached hydrogens (tertiary/aromatic N) is 1. The van der Waals surface area contributed by atoms with Gasteiger partial charge in [0.25, 0.3) is 0 Å². The largest absolute Gasteiger partial charge is 0.462 e. The molecule has 1 aromatic rings. The first kappa shape index (κ1) is 19.5. The Bertz CT molecular complexity index is 626. The predicted molar refractivity (Wildman–Crippen MR) is 89.7 cm³/mol. The number of nitrogens with two attached hydrogens (primary N) is 1. The summed E-state index contributed by atoms with van der Waals surface area (Å²) in [6.45, 7) is 6.08. The van der Waals surface area contributed by atoms with Crippen LogP contribution in [0.5, 0.6) is 0 Å². The summed E-state index contributed by atoms with van der Waals surface area (Å²) in [5.74, 6) is -0.464. The van der Waals surface area contributed by atoms with Crippen molar-refractivity contribution in [3.63, 3.8) is 0 Å². The van der Waals surface area contributed by atoms with Crippen LogP contribution in [0.4, 0.5) is 0 Å². The van der Waals surface area contributed by atoms with Gasteiger partial charge < -0.3 is 15.2 Å². The number of esters is 1. The summed E-state index contributed by atoms with van der Waals surface area (Å²) < 4.78 is 12.6. The third-order valence-corrected chi connectivity index (χ3v) is 3.56. The SMILES string of the molecule is CCC.Cc1cn(C2CCC(COC(=O)CN)O2)c(=O)[nH]c1=S. The van der Waals surface area contributed by atoms with Gasteiger partial charge in [0.2, 0.25) is 0 Å². The highest BCUT2D eigenvalue weighted by Crippen LogP contribution is 2.27. The number of rotatable bonds is 4. The molecule has 7 nitrogen and oxygen atoms in total. The van der Waals surface area contributed by atoms with Gasteiger partial charge in [-0.2, -0.15) is 0 Å². The fourth-order valence-electron chi connectivity index (χ4n) is 2.06. The van der Waals surface area contributed by atoms with Crippen LogP contribution in [0.3, 0.4) is 0 Å². The zero-order chi connectivity index (χ0) is 17.4. The van der Waals surface area contributed by atoms with Crippen LogP contribution in [0.25, 0.3) is 0 Å². The summed E-state index contributed by atoms with van der Waals surface area (Å²) in [6.07, 6.45) is 3.74. The van der Waals surface area contributed by atoms with E-state index in [0.717, 1.165) is 5.56 Å². The molecule has 1 aliphatic rings. The summed E-state index contributed by atoms with van der Waals surface area (Å²) in [4.78, 5) is 25.4. The molecule has 2 atom stereocenters. The van der Waals surface area contributed by atoms with Crippen molar-refractivity contribution >= 4 is 18.2 Å². The third kappa shape index (κ3) is 5.89. The first-order chi connectivity index (χ1) is 10.9. The number of H-pyrrole nitrogens is 1. The van der Waals surface area contributed by atoms with E-state index in [-0.39, 0.29) is 31.2 Å². The van der Waals surface area contributed by atoms with E-state index < -0.39 is 5.97 Å². The van der Waals surface area contributed by atoms with Gasteiger partial charge in [0.1, 0.15) is 17.5 Å². The van der Waals surface area contributed by atoms with E-state index in [1.54, 1.807) is 6.20 Å². The van der Waals surface area contributed by atoms with Crippen molar-refractivity contribution in [3.05, 3.63) is 26.9 Å². The molecular formula is C15H25N3O4S. The number of nitrogens with one attached hydrogen (secondary N) is 1. The van der Waals surface area contributed by atoms with E-state index in [1.165, 1.54) is 11.0 Å². The molecule has 0 saturated carbocycles. The molecule has 2 heterocycles. The Morgan fingerprint density at radius 2 is 2.17 bits per heavy atom. The van der Waals surface area contributed by atoms with E-state index in [1.807, 2.05) is 6.92 Å². The molecule has 2 rings (SSSR count). The number of ether oxygens (including phenoxy) is 2. The highest BCUT2D eigenvalue weighted by atomic mass is 32.1. The van der Waals surface area contributed by atoms with Crippen molar-refractivity contribution in [3.8, 4) is 0 Å². The molecule has 1 saturated heterocycles. The second kappa shape index (κ2) is 9.59. The molecular weight excluding hydrogens is 318 g/mol. The zero-order valence-corrected chi connectivity index (χ0v) is 14.6. The third-order valence-electron chi connectivity index (χ3n) is 3.14. The van der Waals surface area contributed by atoms with E-state index in [0.29, 0.717) is 17.5 Å². The van der Waals surface area contributed by atoms with Gasteiger partial charge in [-0.3, -0.25) is 14.3 Å². The van der Waals surface area contributed by atoms with E-state index >= 15 is 0 Å². The minimum absolute atomic E-state index is 0.149. The Labute approximate surface area is 140 Å². The Morgan fingerprint density at radius 1 is 1.52 bits per heavy atom. The predicted octanol–water partition coefficient (Wildman–Crippen LogP) is 1.81. The summed E-state index contributed by atoms with van der Waals surface area (Å²) in [5.41, 5.74) is 5.66. The van der Waals surface area contributed by atoms with Crippen molar-refractivity contribution in [2.75, 3.05) is 13.2 Å². The lowest BCUT2D eigenvalue weighted by molar-refractivity contribution is -0.146. The van der Waals surface area contributed by atoms with Crippen LogP contribution in [0.15, 0.2) is 11.0 Å². The normalized spacial score (nSPS) is 19.8. The molecule has 0 bridgehead atoms. The molecule has 3 N–H and O–H groups in total. The van der Waals surface area contributed by atoms with Crippen molar-refractivity contribution in [1.29, 1.82) is 0 Å².